The van der Waals surface area contributed by atoms with E-state index in [0.717, 1.165) is 19.3 Å². The quantitative estimate of drug-likeness (QED) is 0.732. The number of hydrogen-bond donors (Lipinski definition) is 3. The lowest BCUT2D eigenvalue weighted by Crippen LogP contribution is -2.34. The van der Waals surface area contributed by atoms with Crippen LogP contribution in [0.3, 0.4) is 0 Å². The number of halogens is 5. The van der Waals surface area contributed by atoms with Crippen molar-refractivity contribution in [2.45, 2.75) is 37.9 Å². The molecule has 1 aromatic rings. The van der Waals surface area contributed by atoms with Crippen LogP contribution < -0.4 is 16.4 Å². The lowest BCUT2D eigenvalue weighted by molar-refractivity contribution is -0.121. The molecule has 1 amide bonds. The van der Waals surface area contributed by atoms with Crippen LogP contribution in [0.25, 0.3) is 0 Å². The number of amides is 1. The van der Waals surface area contributed by atoms with Gasteiger partial charge in [-0.15, -0.1) is 24.8 Å². The summed E-state index contributed by atoms with van der Waals surface area (Å²) < 4.78 is 36.9. The minimum absolute atomic E-state index is 0. The Bertz CT molecular complexity index is 529. The molecule has 24 heavy (non-hydrogen) atoms. The van der Waals surface area contributed by atoms with Crippen molar-refractivity contribution in [3.05, 3.63) is 24.3 Å². The maximum Gasteiger partial charge on any atom is 0.405 e. The number of nitrogens with two attached hydrogens (primary N) is 1. The van der Waals surface area contributed by atoms with E-state index in [-0.39, 0.29) is 48.4 Å². The fourth-order valence-electron chi connectivity index (χ4n) is 2.64. The van der Waals surface area contributed by atoms with Gasteiger partial charge in [0.25, 0.3) is 0 Å². The van der Waals surface area contributed by atoms with E-state index in [0.29, 0.717) is 12.1 Å². The number of nitrogens with one attached hydrogen (secondary N) is 2. The average molecular weight is 388 g/mol. The summed E-state index contributed by atoms with van der Waals surface area (Å²) in [5.74, 6) is -0.365. The molecule has 4 nitrogen and oxygen atoms in total. The van der Waals surface area contributed by atoms with E-state index >= 15 is 0 Å². The van der Waals surface area contributed by atoms with Crippen molar-refractivity contribution in [3.63, 3.8) is 0 Å². The van der Waals surface area contributed by atoms with Gasteiger partial charge in [-0.1, -0.05) is 18.6 Å². The zero-order chi connectivity index (χ0) is 16.2. The Morgan fingerprint density at radius 2 is 1.79 bits per heavy atom. The standard InChI is InChI=1S/C15H20F3N3O.2ClH/c16-15(17,18)9-20-12-6-1-2-7-13(12)21-14(22)10-4-3-5-11(19)8-10;;/h1-2,6-7,10-11,20H,3-5,8-9,19H2,(H,21,22);2*1H. The van der Waals surface area contributed by atoms with Gasteiger partial charge in [0.05, 0.1) is 11.4 Å². The van der Waals surface area contributed by atoms with Crippen LogP contribution in [0.1, 0.15) is 25.7 Å². The second-order valence-corrected chi connectivity index (χ2v) is 5.63. The summed E-state index contributed by atoms with van der Waals surface area (Å²) in [5, 5.41) is 5.02. The minimum atomic E-state index is -4.31. The maximum absolute atomic E-state index is 12.3. The summed E-state index contributed by atoms with van der Waals surface area (Å²) in [6, 6.07) is 6.39. The molecule has 1 aromatic carbocycles. The molecule has 2 rings (SSSR count). The summed E-state index contributed by atoms with van der Waals surface area (Å²) in [5.41, 5.74) is 6.48. The predicted molar refractivity (Wildman–Crippen MR) is 94.0 cm³/mol. The Morgan fingerprint density at radius 1 is 1.17 bits per heavy atom. The van der Waals surface area contributed by atoms with Crippen LogP contribution in [0.2, 0.25) is 0 Å². The maximum atomic E-state index is 12.3. The molecule has 2 unspecified atom stereocenters. The van der Waals surface area contributed by atoms with E-state index in [1.54, 1.807) is 18.2 Å². The Kier molecular flexibility index (Phi) is 9.47. The van der Waals surface area contributed by atoms with Gasteiger partial charge in [0.2, 0.25) is 5.91 Å². The molecule has 4 N–H and O–H groups in total. The molecule has 9 heteroatoms. The number of anilines is 2. The number of alkyl halides is 3. The summed E-state index contributed by atoms with van der Waals surface area (Å²) >= 11 is 0. The third kappa shape index (κ3) is 7.15. The predicted octanol–water partition coefficient (Wildman–Crippen LogP) is 3.96. The van der Waals surface area contributed by atoms with Crippen LogP contribution >= 0.6 is 24.8 Å². The van der Waals surface area contributed by atoms with Crippen molar-refractivity contribution in [2.75, 3.05) is 17.2 Å². The molecule has 1 saturated carbocycles. The average Bonchev–Trinajstić information content (AvgIpc) is 2.45. The first kappa shape index (κ1) is 22.8. The fraction of sp³-hybridized carbons (Fsp3) is 0.533. The number of rotatable bonds is 4. The molecule has 1 aliphatic rings. The molecule has 0 saturated heterocycles. The van der Waals surface area contributed by atoms with E-state index in [1.165, 1.54) is 6.07 Å². The summed E-state index contributed by atoms with van der Waals surface area (Å²) in [4.78, 5) is 12.2. The molecular formula is C15H22Cl2F3N3O. The summed E-state index contributed by atoms with van der Waals surface area (Å²) in [6.45, 7) is -1.14. The Morgan fingerprint density at radius 3 is 2.38 bits per heavy atom. The molecule has 1 aliphatic carbocycles. The molecule has 0 aromatic heterocycles. The van der Waals surface area contributed by atoms with Crippen molar-refractivity contribution in [1.29, 1.82) is 0 Å². The lowest BCUT2D eigenvalue weighted by atomic mass is 9.85. The van der Waals surface area contributed by atoms with Crippen molar-refractivity contribution in [2.24, 2.45) is 11.7 Å². The molecule has 0 radical (unpaired) electrons. The number of benzene rings is 1. The number of hydrogen-bond acceptors (Lipinski definition) is 3. The molecule has 0 aliphatic heterocycles. The van der Waals surface area contributed by atoms with Gasteiger partial charge in [0.15, 0.2) is 0 Å². The summed E-state index contributed by atoms with van der Waals surface area (Å²) in [6.07, 6.45) is -1.13. The molecule has 1 fully saturated rings. The monoisotopic (exact) mass is 387 g/mol. The normalized spacial score (nSPS) is 20.3. The largest absolute Gasteiger partial charge is 0.405 e. The zero-order valence-corrected chi connectivity index (χ0v) is 14.6. The topological polar surface area (TPSA) is 67.2 Å². The lowest BCUT2D eigenvalue weighted by Gasteiger charge is -2.26. The molecule has 0 heterocycles. The van der Waals surface area contributed by atoms with Gasteiger partial charge in [-0.25, -0.2) is 0 Å². The zero-order valence-electron chi connectivity index (χ0n) is 12.9. The Labute approximate surface area is 151 Å². The van der Waals surface area contributed by atoms with Crippen LogP contribution in [-0.4, -0.2) is 24.7 Å². The van der Waals surface area contributed by atoms with Gasteiger partial charge in [0.1, 0.15) is 6.54 Å². The van der Waals surface area contributed by atoms with Gasteiger partial charge < -0.3 is 16.4 Å². The Balaban J connectivity index is 0.00000264. The van der Waals surface area contributed by atoms with Gasteiger partial charge in [-0.2, -0.15) is 13.2 Å². The first-order chi connectivity index (χ1) is 10.3. The third-order valence-electron chi connectivity index (χ3n) is 3.75. The van der Waals surface area contributed by atoms with E-state index in [1.807, 2.05) is 0 Å². The van der Waals surface area contributed by atoms with Crippen molar-refractivity contribution < 1.29 is 18.0 Å². The number of para-hydroxylation sites is 2. The van der Waals surface area contributed by atoms with Crippen LogP contribution in [0, 0.1) is 5.92 Å². The highest BCUT2D eigenvalue weighted by Crippen LogP contribution is 2.27. The molecular weight excluding hydrogens is 366 g/mol. The van der Waals surface area contributed by atoms with Crippen LogP contribution in [0.4, 0.5) is 24.5 Å². The molecule has 0 spiro atoms. The van der Waals surface area contributed by atoms with E-state index < -0.39 is 12.7 Å². The number of carbonyl (C=O) groups excluding carboxylic acids is 1. The molecule has 2 atom stereocenters. The van der Waals surface area contributed by atoms with Gasteiger partial charge in [-0.3, -0.25) is 4.79 Å². The van der Waals surface area contributed by atoms with Crippen LogP contribution in [0.5, 0.6) is 0 Å². The smallest absolute Gasteiger partial charge is 0.375 e. The van der Waals surface area contributed by atoms with E-state index in [9.17, 15) is 18.0 Å². The summed E-state index contributed by atoms with van der Waals surface area (Å²) in [7, 11) is 0. The fourth-order valence-corrected chi connectivity index (χ4v) is 2.64. The van der Waals surface area contributed by atoms with Crippen LogP contribution in [-0.2, 0) is 4.79 Å². The van der Waals surface area contributed by atoms with Gasteiger partial charge >= 0.3 is 6.18 Å². The van der Waals surface area contributed by atoms with Gasteiger partial charge in [0, 0.05) is 12.0 Å². The second kappa shape index (κ2) is 9.96. The van der Waals surface area contributed by atoms with Crippen molar-refractivity contribution >= 4 is 42.1 Å². The Hall–Kier alpha value is -1.18. The third-order valence-corrected chi connectivity index (χ3v) is 3.75. The minimum Gasteiger partial charge on any atom is -0.375 e. The SMILES string of the molecule is Cl.Cl.NC1CCCC(C(=O)Nc2ccccc2NCC(F)(F)F)C1. The van der Waals surface area contributed by atoms with E-state index in [4.69, 9.17) is 5.73 Å². The first-order valence-corrected chi connectivity index (χ1v) is 7.31. The molecule has 138 valence electrons. The van der Waals surface area contributed by atoms with E-state index in [2.05, 4.69) is 10.6 Å². The van der Waals surface area contributed by atoms with Gasteiger partial charge in [-0.05, 0) is 31.4 Å². The van der Waals surface area contributed by atoms with Crippen molar-refractivity contribution in [3.8, 4) is 0 Å². The number of carbonyl (C=O) groups is 1. The molecule has 0 bridgehead atoms. The van der Waals surface area contributed by atoms with Crippen LogP contribution in [0.15, 0.2) is 24.3 Å². The second-order valence-electron chi connectivity index (χ2n) is 5.63. The highest BCUT2D eigenvalue weighted by molar-refractivity contribution is 5.95. The van der Waals surface area contributed by atoms with Crippen molar-refractivity contribution in [1.82, 2.24) is 0 Å². The highest BCUT2D eigenvalue weighted by atomic mass is 35.5. The first-order valence-electron chi connectivity index (χ1n) is 7.31. The highest BCUT2D eigenvalue weighted by Gasteiger charge is 2.28.